The van der Waals surface area contributed by atoms with E-state index in [1.807, 2.05) is 32.0 Å². The number of nitrogens with zero attached hydrogens (tertiary/aromatic N) is 1. The predicted octanol–water partition coefficient (Wildman–Crippen LogP) is 3.54. The van der Waals surface area contributed by atoms with Gasteiger partial charge < -0.3 is 9.47 Å². The van der Waals surface area contributed by atoms with Gasteiger partial charge in [-0.1, -0.05) is 13.0 Å². The van der Waals surface area contributed by atoms with Crippen LogP contribution in [0.2, 0.25) is 0 Å². The van der Waals surface area contributed by atoms with Crippen molar-refractivity contribution < 1.29 is 19.1 Å². The monoisotopic (exact) mass is 321 g/mol. The molecule has 0 bridgehead atoms. The number of thioether (sulfide) groups is 1. The summed E-state index contributed by atoms with van der Waals surface area (Å²) in [6.45, 7) is 5.08. The smallest absolute Gasteiger partial charge is 0.293 e. The van der Waals surface area contributed by atoms with Gasteiger partial charge in [-0.25, -0.2) is 0 Å². The van der Waals surface area contributed by atoms with Crippen LogP contribution in [0.1, 0.15) is 25.8 Å². The number of imide groups is 1. The van der Waals surface area contributed by atoms with E-state index in [9.17, 15) is 9.59 Å². The van der Waals surface area contributed by atoms with E-state index in [1.54, 1.807) is 6.08 Å². The number of rotatable bonds is 6. The molecule has 118 valence electrons. The Bertz CT molecular complexity index is 612. The molecule has 1 fully saturated rings. The van der Waals surface area contributed by atoms with E-state index >= 15 is 0 Å². The molecule has 2 amide bonds. The van der Waals surface area contributed by atoms with Gasteiger partial charge >= 0.3 is 0 Å². The zero-order chi connectivity index (χ0) is 16.1. The third-order valence-electron chi connectivity index (χ3n) is 3.01. The summed E-state index contributed by atoms with van der Waals surface area (Å²) in [6.07, 6.45) is 2.61. The standard InChI is InChI=1S/C16H19NO4S/c1-4-8-21-12-7-6-11(9-13(12)20-5-2)10-14-15(18)17(3)16(19)22-14/h6-7,9-10H,4-5,8H2,1-3H3/b14-10-. The molecule has 1 aliphatic heterocycles. The van der Waals surface area contributed by atoms with Crippen LogP contribution in [0, 0.1) is 0 Å². The molecule has 0 saturated carbocycles. The van der Waals surface area contributed by atoms with Crippen LogP contribution in [0.25, 0.3) is 6.08 Å². The first-order valence-corrected chi connectivity index (χ1v) is 7.99. The molecule has 5 nitrogen and oxygen atoms in total. The minimum atomic E-state index is -0.278. The van der Waals surface area contributed by atoms with Gasteiger partial charge in [0, 0.05) is 7.05 Å². The summed E-state index contributed by atoms with van der Waals surface area (Å²) in [6, 6.07) is 5.48. The first-order valence-electron chi connectivity index (χ1n) is 7.18. The summed E-state index contributed by atoms with van der Waals surface area (Å²) in [4.78, 5) is 24.9. The lowest BCUT2D eigenvalue weighted by atomic mass is 10.2. The fraction of sp³-hybridized carbons (Fsp3) is 0.375. The largest absolute Gasteiger partial charge is 0.490 e. The fourth-order valence-corrected chi connectivity index (χ4v) is 2.74. The average molecular weight is 321 g/mol. The van der Waals surface area contributed by atoms with Crippen LogP contribution in [0.4, 0.5) is 4.79 Å². The van der Waals surface area contributed by atoms with Crippen LogP contribution >= 0.6 is 11.8 Å². The molecule has 0 radical (unpaired) electrons. The van der Waals surface area contributed by atoms with Gasteiger partial charge in [-0.3, -0.25) is 14.5 Å². The van der Waals surface area contributed by atoms with Crippen molar-refractivity contribution in [3.63, 3.8) is 0 Å². The zero-order valence-corrected chi connectivity index (χ0v) is 13.7. The zero-order valence-electron chi connectivity index (χ0n) is 12.9. The SMILES string of the molecule is CCCOc1ccc(/C=C2\SC(=O)N(C)C2=O)cc1OCC. The van der Waals surface area contributed by atoms with Crippen molar-refractivity contribution >= 4 is 29.0 Å². The van der Waals surface area contributed by atoms with E-state index in [4.69, 9.17) is 9.47 Å². The van der Waals surface area contributed by atoms with Crippen LogP contribution in [0.3, 0.4) is 0 Å². The Morgan fingerprint density at radius 3 is 2.55 bits per heavy atom. The molecule has 1 saturated heterocycles. The Morgan fingerprint density at radius 1 is 1.18 bits per heavy atom. The number of amides is 2. The maximum Gasteiger partial charge on any atom is 0.293 e. The van der Waals surface area contributed by atoms with Gasteiger partial charge in [-0.05, 0) is 48.9 Å². The van der Waals surface area contributed by atoms with Crippen molar-refractivity contribution in [1.29, 1.82) is 0 Å². The summed E-state index contributed by atoms with van der Waals surface area (Å²) in [5, 5.41) is -0.260. The molecule has 1 aromatic rings. The Labute approximate surface area is 134 Å². The molecule has 0 atom stereocenters. The van der Waals surface area contributed by atoms with Gasteiger partial charge in [0.05, 0.1) is 18.1 Å². The maximum absolute atomic E-state index is 11.9. The van der Waals surface area contributed by atoms with E-state index < -0.39 is 0 Å². The number of ether oxygens (including phenoxy) is 2. The number of hydrogen-bond donors (Lipinski definition) is 0. The minimum Gasteiger partial charge on any atom is -0.490 e. The molecular formula is C16H19NO4S. The normalized spacial score (nSPS) is 16.5. The molecule has 0 unspecified atom stereocenters. The molecule has 0 N–H and O–H groups in total. The van der Waals surface area contributed by atoms with Crippen LogP contribution in [0.15, 0.2) is 23.1 Å². The lowest BCUT2D eigenvalue weighted by Gasteiger charge is -2.12. The van der Waals surface area contributed by atoms with E-state index in [1.165, 1.54) is 7.05 Å². The van der Waals surface area contributed by atoms with Gasteiger partial charge in [-0.2, -0.15) is 0 Å². The van der Waals surface area contributed by atoms with E-state index in [0.717, 1.165) is 28.6 Å². The summed E-state index contributed by atoms with van der Waals surface area (Å²) in [7, 11) is 1.48. The summed E-state index contributed by atoms with van der Waals surface area (Å²) in [5.41, 5.74) is 0.797. The summed E-state index contributed by atoms with van der Waals surface area (Å²) in [5.74, 6) is 1.05. The maximum atomic E-state index is 11.9. The van der Waals surface area contributed by atoms with E-state index in [0.29, 0.717) is 29.6 Å². The number of likely N-dealkylation sites (N-methyl/N-ethyl adjacent to an activating group) is 1. The van der Waals surface area contributed by atoms with Gasteiger partial charge in [0.15, 0.2) is 11.5 Å². The Kier molecular flexibility index (Phi) is 5.49. The first-order chi connectivity index (χ1) is 10.6. The second-order valence-electron chi connectivity index (χ2n) is 4.73. The highest BCUT2D eigenvalue weighted by atomic mass is 32.2. The summed E-state index contributed by atoms with van der Waals surface area (Å²) >= 11 is 0.940. The fourth-order valence-electron chi connectivity index (χ4n) is 1.91. The van der Waals surface area contributed by atoms with Crippen molar-refractivity contribution in [1.82, 2.24) is 4.90 Å². The molecule has 2 rings (SSSR count). The number of benzene rings is 1. The molecule has 1 aromatic carbocycles. The first kappa shape index (κ1) is 16.4. The molecule has 1 heterocycles. The van der Waals surface area contributed by atoms with Gasteiger partial charge in [0.2, 0.25) is 0 Å². The lowest BCUT2D eigenvalue weighted by Crippen LogP contribution is -2.22. The van der Waals surface area contributed by atoms with Crippen LogP contribution in [-0.4, -0.2) is 36.3 Å². The van der Waals surface area contributed by atoms with Crippen LogP contribution in [-0.2, 0) is 4.79 Å². The number of carbonyl (C=O) groups is 2. The van der Waals surface area contributed by atoms with Crippen molar-refractivity contribution in [2.45, 2.75) is 20.3 Å². The highest BCUT2D eigenvalue weighted by Gasteiger charge is 2.31. The molecule has 0 aromatic heterocycles. The Hall–Kier alpha value is -1.95. The van der Waals surface area contributed by atoms with Crippen molar-refractivity contribution in [2.75, 3.05) is 20.3 Å². The highest BCUT2D eigenvalue weighted by molar-refractivity contribution is 8.18. The van der Waals surface area contributed by atoms with Crippen molar-refractivity contribution in [3.8, 4) is 11.5 Å². The number of hydrogen-bond acceptors (Lipinski definition) is 5. The lowest BCUT2D eigenvalue weighted by molar-refractivity contribution is -0.121. The molecule has 0 aliphatic carbocycles. The molecule has 22 heavy (non-hydrogen) atoms. The van der Waals surface area contributed by atoms with E-state index in [-0.39, 0.29) is 11.1 Å². The number of carbonyl (C=O) groups excluding carboxylic acids is 2. The third-order valence-corrected chi connectivity index (χ3v) is 3.97. The van der Waals surface area contributed by atoms with Crippen molar-refractivity contribution in [3.05, 3.63) is 28.7 Å². The van der Waals surface area contributed by atoms with E-state index in [2.05, 4.69) is 0 Å². The molecular weight excluding hydrogens is 302 g/mol. The van der Waals surface area contributed by atoms with Gasteiger partial charge in [0.1, 0.15) is 0 Å². The molecule has 1 aliphatic rings. The molecule has 6 heteroatoms. The Balaban J connectivity index is 2.27. The quantitative estimate of drug-likeness (QED) is 0.750. The minimum absolute atomic E-state index is 0.260. The van der Waals surface area contributed by atoms with Crippen LogP contribution < -0.4 is 9.47 Å². The predicted molar refractivity (Wildman–Crippen MR) is 87.1 cm³/mol. The Morgan fingerprint density at radius 2 is 1.95 bits per heavy atom. The molecule has 0 spiro atoms. The third kappa shape index (κ3) is 3.62. The van der Waals surface area contributed by atoms with Crippen LogP contribution in [0.5, 0.6) is 11.5 Å². The highest BCUT2D eigenvalue weighted by Crippen LogP contribution is 2.34. The topological polar surface area (TPSA) is 55.8 Å². The van der Waals surface area contributed by atoms with Crippen molar-refractivity contribution in [2.24, 2.45) is 0 Å². The average Bonchev–Trinajstić information content (AvgIpc) is 2.74. The van der Waals surface area contributed by atoms with Gasteiger partial charge in [-0.15, -0.1) is 0 Å². The second-order valence-corrected chi connectivity index (χ2v) is 5.72. The second kappa shape index (κ2) is 7.35. The summed E-state index contributed by atoms with van der Waals surface area (Å²) < 4.78 is 11.2. The van der Waals surface area contributed by atoms with Gasteiger partial charge in [0.25, 0.3) is 11.1 Å².